The Balaban J connectivity index is 1.39. The predicted molar refractivity (Wildman–Crippen MR) is 188 cm³/mol. The summed E-state index contributed by atoms with van der Waals surface area (Å²) in [6.07, 6.45) is 5.97. The molecule has 3 nitrogen and oxygen atoms in total. The van der Waals surface area contributed by atoms with Crippen LogP contribution in [0.1, 0.15) is 21.6 Å². The minimum Gasteiger partial charge on any atom is -0.309 e. The lowest BCUT2D eigenvalue weighted by molar-refractivity contribution is 1.18. The van der Waals surface area contributed by atoms with E-state index in [-0.39, 0.29) is 0 Å². The number of hydrogen-bond acceptors (Lipinski definition) is 4. The lowest BCUT2D eigenvalue weighted by atomic mass is 9.99. The zero-order valence-corrected chi connectivity index (χ0v) is 25.4. The maximum atomic E-state index is 9.90. The van der Waals surface area contributed by atoms with Gasteiger partial charge in [0.1, 0.15) is 0 Å². The summed E-state index contributed by atoms with van der Waals surface area (Å²) in [6.45, 7) is 6.03. The van der Waals surface area contributed by atoms with Gasteiger partial charge in [-0.15, -0.1) is 22.7 Å². The van der Waals surface area contributed by atoms with Gasteiger partial charge in [-0.1, -0.05) is 61.2 Å². The summed E-state index contributed by atoms with van der Waals surface area (Å²) in [5.74, 6) is 0. The van der Waals surface area contributed by atoms with Crippen LogP contribution in [0.2, 0.25) is 0 Å². The third-order valence-electron chi connectivity index (χ3n) is 8.44. The smallest absolute Gasteiger partial charge is 0.0992 e. The van der Waals surface area contributed by atoms with Crippen molar-refractivity contribution in [3.8, 4) is 29.0 Å². The Kier molecular flexibility index (Phi) is 6.00. The molecule has 3 aromatic heterocycles. The molecule has 0 saturated carbocycles. The van der Waals surface area contributed by atoms with E-state index in [9.17, 15) is 10.5 Å². The standard InChI is InChI=1S/C39H23N3S2/c1-3-4-9-36-23(2)27-14-15-30-32-20-26(12-17-37(32)44-39(30)38(27)43-36)28-13-10-25(22-41)19-35(28)42-33-8-6-5-7-29(33)31-18-24(21-40)11-16-34(31)42/h3-20H,1H2,2H3/b9-4-. The zero-order valence-electron chi connectivity index (χ0n) is 23.8. The summed E-state index contributed by atoms with van der Waals surface area (Å²) in [4.78, 5) is 1.26. The van der Waals surface area contributed by atoms with Crippen LogP contribution < -0.4 is 0 Å². The number of para-hydroxylation sites is 1. The minimum atomic E-state index is 0.599. The quantitative estimate of drug-likeness (QED) is 0.190. The van der Waals surface area contributed by atoms with Crippen LogP contribution >= 0.6 is 22.7 Å². The molecule has 8 rings (SSSR count). The van der Waals surface area contributed by atoms with E-state index in [2.05, 4.69) is 84.8 Å². The van der Waals surface area contributed by atoms with Crippen molar-refractivity contribution in [3.63, 3.8) is 0 Å². The van der Waals surface area contributed by atoms with Gasteiger partial charge in [0.15, 0.2) is 0 Å². The van der Waals surface area contributed by atoms with Crippen LogP contribution in [-0.2, 0) is 0 Å². The summed E-state index contributed by atoms with van der Waals surface area (Å²) >= 11 is 3.69. The average molecular weight is 598 g/mol. The Hall–Kier alpha value is -5.46. The van der Waals surface area contributed by atoms with E-state index in [1.165, 1.54) is 40.7 Å². The molecule has 0 unspecified atom stereocenters. The Bertz CT molecular complexity index is 2610. The highest BCUT2D eigenvalue weighted by Crippen LogP contribution is 2.45. The number of nitriles is 2. The highest BCUT2D eigenvalue weighted by Gasteiger charge is 2.19. The van der Waals surface area contributed by atoms with E-state index in [0.717, 1.165) is 38.6 Å². The predicted octanol–water partition coefficient (Wildman–Crippen LogP) is 11.3. The van der Waals surface area contributed by atoms with Gasteiger partial charge in [-0.2, -0.15) is 10.5 Å². The van der Waals surface area contributed by atoms with E-state index < -0.39 is 0 Å². The number of hydrogen-bond donors (Lipinski definition) is 0. The van der Waals surface area contributed by atoms with Gasteiger partial charge in [0.2, 0.25) is 0 Å². The second-order valence-electron chi connectivity index (χ2n) is 10.9. The molecular weight excluding hydrogens is 575 g/mol. The molecule has 0 spiro atoms. The fourth-order valence-electron chi connectivity index (χ4n) is 6.35. The Labute approximate surface area is 262 Å². The largest absolute Gasteiger partial charge is 0.309 e. The van der Waals surface area contributed by atoms with Crippen molar-refractivity contribution in [2.24, 2.45) is 0 Å². The van der Waals surface area contributed by atoms with Crippen molar-refractivity contribution in [2.45, 2.75) is 6.92 Å². The molecule has 0 aliphatic carbocycles. The first-order valence-electron chi connectivity index (χ1n) is 14.3. The number of benzene rings is 5. The number of fused-ring (bicyclic) bond motifs is 8. The third kappa shape index (κ3) is 3.85. The lowest BCUT2D eigenvalue weighted by Gasteiger charge is -2.15. The van der Waals surface area contributed by atoms with Crippen molar-refractivity contribution in [2.75, 3.05) is 0 Å². The van der Waals surface area contributed by atoms with E-state index in [1.54, 1.807) is 0 Å². The van der Waals surface area contributed by atoms with Crippen molar-refractivity contribution in [3.05, 3.63) is 131 Å². The molecule has 0 radical (unpaired) electrons. The van der Waals surface area contributed by atoms with Gasteiger partial charge >= 0.3 is 0 Å². The highest BCUT2D eigenvalue weighted by molar-refractivity contribution is 7.31. The van der Waals surface area contributed by atoms with Crippen molar-refractivity contribution in [1.82, 2.24) is 4.57 Å². The summed E-state index contributed by atoms with van der Waals surface area (Å²) in [5, 5.41) is 25.4. The molecule has 8 aromatic rings. The molecule has 0 amide bonds. The van der Waals surface area contributed by atoms with Gasteiger partial charge < -0.3 is 4.57 Å². The summed E-state index contributed by atoms with van der Waals surface area (Å²) < 4.78 is 6.12. The molecule has 0 saturated heterocycles. The first kappa shape index (κ1) is 26.2. The maximum absolute atomic E-state index is 9.90. The first-order valence-corrected chi connectivity index (χ1v) is 15.9. The third-order valence-corrected chi connectivity index (χ3v) is 11.1. The van der Waals surface area contributed by atoms with Crippen LogP contribution in [0.25, 0.3) is 75.0 Å². The Morgan fingerprint density at radius 3 is 2.30 bits per heavy atom. The SMILES string of the molecule is C=C/C=C\c1sc2c(ccc3c4cc(-c5ccc(C#N)cc5-n5c6ccccc6c6cc(C#N)ccc65)ccc4sc32)c1C. The number of nitrogens with zero attached hydrogens (tertiary/aromatic N) is 3. The average Bonchev–Trinajstić information content (AvgIpc) is 3.71. The molecule has 44 heavy (non-hydrogen) atoms. The molecule has 5 aromatic carbocycles. The second kappa shape index (κ2) is 10.1. The highest BCUT2D eigenvalue weighted by atomic mass is 32.1. The molecule has 0 fully saturated rings. The number of thiophene rings is 2. The van der Waals surface area contributed by atoms with Crippen LogP contribution in [0.5, 0.6) is 0 Å². The lowest BCUT2D eigenvalue weighted by Crippen LogP contribution is -1.98. The van der Waals surface area contributed by atoms with Gasteiger partial charge in [-0.3, -0.25) is 0 Å². The molecular formula is C39H23N3S2. The molecule has 0 N–H and O–H groups in total. The molecule has 3 heterocycles. The van der Waals surface area contributed by atoms with Crippen molar-refractivity contribution < 1.29 is 0 Å². The number of allylic oxidation sites excluding steroid dienone is 2. The van der Waals surface area contributed by atoms with Gasteiger partial charge in [-0.05, 0) is 78.0 Å². The van der Waals surface area contributed by atoms with Gasteiger partial charge in [-0.25, -0.2) is 0 Å². The molecule has 0 aliphatic rings. The molecule has 0 atom stereocenters. The van der Waals surface area contributed by atoms with E-state index in [4.69, 9.17) is 0 Å². The maximum Gasteiger partial charge on any atom is 0.0992 e. The molecule has 5 heteroatoms. The number of rotatable bonds is 4. The van der Waals surface area contributed by atoms with Crippen molar-refractivity contribution in [1.29, 1.82) is 10.5 Å². The van der Waals surface area contributed by atoms with Gasteiger partial charge in [0.05, 0.1) is 49.4 Å². The second-order valence-corrected chi connectivity index (χ2v) is 13.0. The zero-order chi connectivity index (χ0) is 29.9. The fraction of sp³-hybridized carbons (Fsp3) is 0.0256. The monoisotopic (exact) mass is 597 g/mol. The first-order chi connectivity index (χ1) is 21.6. The fourth-order valence-corrected chi connectivity index (χ4v) is 8.88. The van der Waals surface area contributed by atoms with Crippen LogP contribution in [0.3, 0.4) is 0 Å². The van der Waals surface area contributed by atoms with Crippen LogP contribution in [0, 0.1) is 29.6 Å². The van der Waals surface area contributed by atoms with E-state index in [0.29, 0.717) is 11.1 Å². The number of aryl methyl sites for hydroxylation is 1. The van der Waals surface area contributed by atoms with Crippen LogP contribution in [0.4, 0.5) is 0 Å². The van der Waals surface area contributed by atoms with Gasteiger partial charge in [0.25, 0.3) is 0 Å². The summed E-state index contributed by atoms with van der Waals surface area (Å²) in [7, 11) is 0. The molecule has 0 bridgehead atoms. The Morgan fingerprint density at radius 1 is 0.705 bits per heavy atom. The van der Waals surface area contributed by atoms with Gasteiger partial charge in [0, 0.05) is 36.7 Å². The molecule has 0 aliphatic heterocycles. The number of aromatic nitrogens is 1. The van der Waals surface area contributed by atoms with E-state index >= 15 is 0 Å². The van der Waals surface area contributed by atoms with Crippen LogP contribution in [-0.4, -0.2) is 4.57 Å². The van der Waals surface area contributed by atoms with E-state index in [1.807, 2.05) is 77.3 Å². The van der Waals surface area contributed by atoms with Crippen molar-refractivity contribution >= 4 is 80.8 Å². The molecule has 206 valence electrons. The topological polar surface area (TPSA) is 52.5 Å². The summed E-state index contributed by atoms with van der Waals surface area (Å²) in [6, 6.07) is 35.9. The van der Waals surface area contributed by atoms with Crippen LogP contribution in [0.15, 0.2) is 110 Å². The Morgan fingerprint density at radius 2 is 1.45 bits per heavy atom. The normalized spacial score (nSPS) is 11.7. The minimum absolute atomic E-state index is 0.599. The summed E-state index contributed by atoms with van der Waals surface area (Å²) in [5.41, 5.74) is 7.64.